The van der Waals surface area contributed by atoms with Gasteiger partial charge in [-0.2, -0.15) is 5.43 Å². The van der Waals surface area contributed by atoms with Gasteiger partial charge in [0, 0.05) is 11.6 Å². The number of pyridine rings is 1. The van der Waals surface area contributed by atoms with Crippen molar-refractivity contribution in [2.75, 3.05) is 6.54 Å². The Morgan fingerprint density at radius 1 is 1.29 bits per heavy atom. The van der Waals surface area contributed by atoms with E-state index in [2.05, 4.69) is 62.1 Å². The van der Waals surface area contributed by atoms with Crippen LogP contribution in [0.15, 0.2) is 60.0 Å². The minimum Gasteiger partial charge on any atom is -0.289 e. The third kappa shape index (κ3) is 3.27. The van der Waals surface area contributed by atoms with Crippen molar-refractivity contribution >= 4 is 17.8 Å². The molecule has 0 unspecified atom stereocenters. The lowest BCUT2D eigenvalue weighted by atomic mass is 10.1. The summed E-state index contributed by atoms with van der Waals surface area (Å²) in [4.78, 5) is 2.95. The molecule has 6 heteroatoms. The van der Waals surface area contributed by atoms with E-state index in [4.69, 9.17) is 5.73 Å². The fraction of sp³-hybridized carbons (Fsp3) is 0.167. The van der Waals surface area contributed by atoms with Crippen LogP contribution < -0.4 is 20.6 Å². The van der Waals surface area contributed by atoms with Crippen LogP contribution in [0, 0.1) is 0 Å². The molecular formula is C18H22N6+2. The zero-order valence-corrected chi connectivity index (χ0v) is 13.9. The summed E-state index contributed by atoms with van der Waals surface area (Å²) in [5.74, 6) is 0.442. The molecule has 2 heterocycles. The fourth-order valence-electron chi connectivity index (χ4n) is 2.60. The monoisotopic (exact) mass is 322 g/mol. The second kappa shape index (κ2) is 6.95. The first kappa shape index (κ1) is 15.7. The molecule has 0 saturated heterocycles. The molecule has 1 aromatic carbocycles. The molecule has 0 atom stereocenters. The van der Waals surface area contributed by atoms with Crippen LogP contribution in [-0.2, 0) is 7.05 Å². The summed E-state index contributed by atoms with van der Waals surface area (Å²) in [6, 6.07) is 14.4. The van der Waals surface area contributed by atoms with Crippen molar-refractivity contribution in [1.29, 1.82) is 0 Å². The van der Waals surface area contributed by atoms with Crippen LogP contribution in [-0.4, -0.2) is 23.3 Å². The molecule has 0 amide bonds. The van der Waals surface area contributed by atoms with Crippen molar-refractivity contribution < 1.29 is 9.39 Å². The number of rotatable bonds is 4. The molecule has 0 saturated carbocycles. The van der Waals surface area contributed by atoms with Crippen molar-refractivity contribution in [3.63, 3.8) is 0 Å². The zero-order chi connectivity index (χ0) is 16.9. The van der Waals surface area contributed by atoms with E-state index in [1.54, 1.807) is 6.21 Å². The van der Waals surface area contributed by atoms with Crippen LogP contribution in [0.5, 0.6) is 0 Å². The minimum absolute atomic E-state index is 0.442. The van der Waals surface area contributed by atoms with E-state index in [9.17, 15) is 0 Å². The summed E-state index contributed by atoms with van der Waals surface area (Å²) in [6.07, 6.45) is 5.92. The van der Waals surface area contributed by atoms with Gasteiger partial charge in [0.05, 0.1) is 26.0 Å². The number of fused-ring (bicyclic) bond motifs is 1. The van der Waals surface area contributed by atoms with E-state index in [0.29, 0.717) is 5.96 Å². The van der Waals surface area contributed by atoms with E-state index in [1.807, 2.05) is 31.2 Å². The van der Waals surface area contributed by atoms with Gasteiger partial charge >= 0.3 is 5.96 Å². The van der Waals surface area contributed by atoms with Crippen LogP contribution in [0.1, 0.15) is 12.5 Å². The summed E-state index contributed by atoms with van der Waals surface area (Å²) >= 11 is 0. The summed E-state index contributed by atoms with van der Waals surface area (Å²) in [5, 5.41) is 4.11. The molecule has 6 nitrogen and oxygen atoms in total. The summed E-state index contributed by atoms with van der Waals surface area (Å²) in [5.41, 5.74) is 12.9. The number of hydrazone groups is 1. The number of guanidine groups is 1. The van der Waals surface area contributed by atoms with Crippen LogP contribution in [0.25, 0.3) is 16.9 Å². The van der Waals surface area contributed by atoms with Gasteiger partial charge in [-0.25, -0.2) is 8.97 Å². The van der Waals surface area contributed by atoms with Crippen LogP contribution in [0.4, 0.5) is 0 Å². The summed E-state index contributed by atoms with van der Waals surface area (Å²) in [6.45, 7) is 2.73. The molecular weight excluding hydrogens is 300 g/mol. The Balaban J connectivity index is 1.80. The molecule has 0 aliphatic carbocycles. The van der Waals surface area contributed by atoms with E-state index in [1.165, 1.54) is 0 Å². The summed E-state index contributed by atoms with van der Waals surface area (Å²) in [7, 11) is 2.07. The molecule has 2 aromatic heterocycles. The number of imidazole rings is 1. The second-order valence-corrected chi connectivity index (χ2v) is 5.48. The van der Waals surface area contributed by atoms with Gasteiger partial charge in [0.25, 0.3) is 5.65 Å². The van der Waals surface area contributed by atoms with E-state index in [0.717, 1.165) is 29.0 Å². The lowest BCUT2D eigenvalue weighted by molar-refractivity contribution is -0.510. The van der Waals surface area contributed by atoms with Crippen molar-refractivity contribution in [2.24, 2.45) is 17.9 Å². The van der Waals surface area contributed by atoms with Crippen LogP contribution >= 0.6 is 0 Å². The number of aryl methyl sites for hydroxylation is 1. The number of benzene rings is 1. The Morgan fingerprint density at radius 3 is 2.79 bits per heavy atom. The Bertz CT molecular complexity index is 890. The van der Waals surface area contributed by atoms with Gasteiger partial charge in [-0.15, -0.1) is 5.10 Å². The Hall–Kier alpha value is -3.15. The molecule has 122 valence electrons. The van der Waals surface area contributed by atoms with E-state index >= 15 is 0 Å². The third-order valence-corrected chi connectivity index (χ3v) is 3.81. The predicted octanol–water partition coefficient (Wildman–Crippen LogP) is -0.230. The fourth-order valence-corrected chi connectivity index (χ4v) is 2.60. The third-order valence-electron chi connectivity index (χ3n) is 3.81. The molecule has 0 fully saturated rings. The average Bonchev–Trinajstić information content (AvgIpc) is 2.93. The van der Waals surface area contributed by atoms with Crippen molar-refractivity contribution in [1.82, 2.24) is 9.99 Å². The van der Waals surface area contributed by atoms with Crippen molar-refractivity contribution in [3.05, 3.63) is 60.4 Å². The Labute approximate surface area is 141 Å². The van der Waals surface area contributed by atoms with Gasteiger partial charge in [0.15, 0.2) is 5.69 Å². The van der Waals surface area contributed by atoms with Gasteiger partial charge in [-0.1, -0.05) is 18.2 Å². The predicted molar refractivity (Wildman–Crippen MR) is 95.4 cm³/mol. The molecule has 0 radical (unpaired) electrons. The highest BCUT2D eigenvalue weighted by Crippen LogP contribution is 2.19. The maximum absolute atomic E-state index is 5.68. The maximum Gasteiger partial charge on any atom is 0.365 e. The van der Waals surface area contributed by atoms with Gasteiger partial charge in [-0.3, -0.25) is 10.7 Å². The van der Waals surface area contributed by atoms with Crippen LogP contribution in [0.2, 0.25) is 0 Å². The largest absolute Gasteiger partial charge is 0.365 e. The molecule has 3 aromatic rings. The molecule has 24 heavy (non-hydrogen) atoms. The second-order valence-electron chi connectivity index (χ2n) is 5.48. The highest BCUT2D eigenvalue weighted by Gasteiger charge is 2.14. The highest BCUT2D eigenvalue weighted by atomic mass is 15.3. The number of nitrogens with one attached hydrogen (secondary N) is 2. The zero-order valence-electron chi connectivity index (χ0n) is 13.9. The Kier molecular flexibility index (Phi) is 4.56. The number of nitrogens with zero attached hydrogens (tertiary/aromatic N) is 3. The first-order valence-electron chi connectivity index (χ1n) is 7.90. The van der Waals surface area contributed by atoms with Gasteiger partial charge in [0.1, 0.15) is 6.20 Å². The molecule has 0 bridgehead atoms. The Morgan fingerprint density at radius 2 is 2.08 bits per heavy atom. The number of hydrogen-bond donors (Lipinski definition) is 3. The van der Waals surface area contributed by atoms with Crippen molar-refractivity contribution in [3.8, 4) is 11.3 Å². The first-order chi connectivity index (χ1) is 11.7. The molecule has 3 rings (SSSR count). The number of aromatic nitrogens is 2. The molecule has 0 aliphatic rings. The quantitative estimate of drug-likeness (QED) is 0.269. The molecule has 4 N–H and O–H groups in total. The highest BCUT2D eigenvalue weighted by molar-refractivity contribution is 5.82. The molecule has 0 spiro atoms. The standard InChI is InChI=1S/C18H21N6/c1-3-20-18(19)22-21-12-14-7-9-15(10-8-14)16-13-24-11-5-4-6-17(24)23(16)2/h4-13H,3H2,1-2H3,(H3,19,20,22)/q+1/p+1/b21-12-. The van der Waals surface area contributed by atoms with Gasteiger partial charge in [-0.05, 0) is 30.7 Å². The van der Waals surface area contributed by atoms with E-state index < -0.39 is 0 Å². The normalized spacial score (nSPS) is 12.2. The average molecular weight is 322 g/mol. The number of hydrogen-bond acceptors (Lipinski definition) is 1. The van der Waals surface area contributed by atoms with Gasteiger partial charge < -0.3 is 0 Å². The summed E-state index contributed by atoms with van der Waals surface area (Å²) < 4.78 is 4.30. The maximum atomic E-state index is 5.68. The smallest absolute Gasteiger partial charge is 0.289 e. The SMILES string of the molecule is CC[NH+]=C(N)N/N=C\c1ccc(-c2c[n+]3ccccc3n2C)cc1. The van der Waals surface area contributed by atoms with Gasteiger partial charge in [0.2, 0.25) is 0 Å². The minimum atomic E-state index is 0.442. The lowest BCUT2D eigenvalue weighted by Gasteiger charge is -1.98. The van der Waals surface area contributed by atoms with Crippen LogP contribution in [0.3, 0.4) is 0 Å². The lowest BCUT2D eigenvalue weighted by Crippen LogP contribution is -2.77. The van der Waals surface area contributed by atoms with Crippen molar-refractivity contribution in [2.45, 2.75) is 6.92 Å². The first-order valence-corrected chi connectivity index (χ1v) is 7.90. The topological polar surface area (TPSA) is 73.4 Å². The number of nitrogens with two attached hydrogens (primary N) is 1. The van der Waals surface area contributed by atoms with E-state index in [-0.39, 0.29) is 0 Å². The molecule has 0 aliphatic heterocycles.